The van der Waals surface area contributed by atoms with Gasteiger partial charge < -0.3 is 10.2 Å². The maximum absolute atomic E-state index is 13.8. The standard InChI is InChI=1S/C26H40N6O2S/c1-5-21-16-31(26(33)23(15-27-18(2)3)20-10-8-19(4)9-11-20)12-13-32(21)25-22-7-6-14-34-35-30-24(22)28-17-29-25/h8-11,17-18,21-23,25,27H,5-7,12-16H2,1-4H3,(H,28,29,30)/t21-,22?,23+,25?/m0/s1. The molecule has 3 aliphatic rings. The Kier molecular flexibility index (Phi) is 9.21. The van der Waals surface area contributed by atoms with Crippen molar-refractivity contribution in [1.29, 1.82) is 0 Å². The highest BCUT2D eigenvalue weighted by molar-refractivity contribution is 7.93. The number of nitrogens with one attached hydrogen (secondary N) is 2. The number of amides is 1. The van der Waals surface area contributed by atoms with Gasteiger partial charge in [-0.05, 0) is 31.7 Å². The number of hydrogen-bond donors (Lipinski definition) is 2. The number of carbonyl (C=O) groups is 1. The second-order valence-electron chi connectivity index (χ2n) is 10.1. The average Bonchev–Trinajstić information content (AvgIpc) is 2.84. The van der Waals surface area contributed by atoms with Crippen LogP contribution in [0.25, 0.3) is 0 Å². The molecule has 4 rings (SSSR count). The largest absolute Gasteiger partial charge is 0.339 e. The Balaban J connectivity index is 1.48. The smallest absolute Gasteiger partial charge is 0.231 e. The molecule has 0 aromatic heterocycles. The molecule has 3 aliphatic heterocycles. The fourth-order valence-corrected chi connectivity index (χ4v) is 5.74. The number of rotatable bonds is 7. The van der Waals surface area contributed by atoms with Crippen LogP contribution in [0.5, 0.6) is 0 Å². The van der Waals surface area contributed by atoms with E-state index in [1.165, 1.54) is 17.8 Å². The number of benzene rings is 1. The molecule has 8 nitrogen and oxygen atoms in total. The quantitative estimate of drug-likeness (QED) is 0.442. The fourth-order valence-electron chi connectivity index (χ4n) is 5.19. The Hall–Kier alpha value is -1.94. The van der Waals surface area contributed by atoms with Gasteiger partial charge in [0.15, 0.2) is 0 Å². The van der Waals surface area contributed by atoms with Gasteiger partial charge in [-0.15, -0.1) is 0 Å². The lowest BCUT2D eigenvalue weighted by Gasteiger charge is -2.47. The third-order valence-electron chi connectivity index (χ3n) is 7.23. The van der Waals surface area contributed by atoms with Gasteiger partial charge >= 0.3 is 0 Å². The van der Waals surface area contributed by atoms with E-state index < -0.39 is 0 Å². The molecule has 0 aliphatic carbocycles. The minimum absolute atomic E-state index is 0.0476. The van der Waals surface area contributed by atoms with Gasteiger partial charge in [0.2, 0.25) is 5.91 Å². The number of hydrogen-bond acceptors (Lipinski definition) is 8. The topological polar surface area (TPSA) is 81.6 Å². The maximum atomic E-state index is 13.8. The number of carbonyl (C=O) groups excluding carboxylic acids is 1. The molecule has 1 amide bonds. The molecule has 0 bridgehead atoms. The van der Waals surface area contributed by atoms with Crippen molar-refractivity contribution in [3.63, 3.8) is 0 Å². The van der Waals surface area contributed by atoms with Crippen LogP contribution >= 0.6 is 12.2 Å². The molecule has 2 unspecified atom stereocenters. The highest BCUT2D eigenvalue weighted by Gasteiger charge is 2.40. The van der Waals surface area contributed by atoms with E-state index in [9.17, 15) is 4.79 Å². The molecule has 9 heteroatoms. The summed E-state index contributed by atoms with van der Waals surface area (Å²) in [6.45, 7) is 12.2. The van der Waals surface area contributed by atoms with E-state index in [0.717, 1.165) is 56.9 Å². The summed E-state index contributed by atoms with van der Waals surface area (Å²) < 4.78 is 8.77. The fraction of sp³-hybridized carbons (Fsp3) is 0.654. The number of aliphatic imine (C=N–C) groups is 2. The predicted molar refractivity (Wildman–Crippen MR) is 144 cm³/mol. The Morgan fingerprint density at radius 2 is 2.09 bits per heavy atom. The minimum atomic E-state index is -0.180. The molecule has 1 aromatic carbocycles. The first-order chi connectivity index (χ1) is 17.0. The third kappa shape index (κ3) is 6.44. The first-order valence-electron chi connectivity index (χ1n) is 13.0. The molecular weight excluding hydrogens is 460 g/mol. The van der Waals surface area contributed by atoms with Crippen LogP contribution in [0, 0.1) is 12.8 Å². The summed E-state index contributed by atoms with van der Waals surface area (Å²) >= 11 is 1.26. The van der Waals surface area contributed by atoms with E-state index in [-0.39, 0.29) is 30.0 Å². The van der Waals surface area contributed by atoms with Gasteiger partial charge in [0.1, 0.15) is 30.6 Å². The molecular formula is C26H40N6O2S. The lowest BCUT2D eigenvalue weighted by atomic mass is 9.93. The number of fused-ring (bicyclic) bond motifs is 1. The monoisotopic (exact) mass is 500 g/mol. The summed E-state index contributed by atoms with van der Waals surface area (Å²) in [5.74, 6) is 1.21. The van der Waals surface area contributed by atoms with E-state index in [2.05, 4.69) is 76.8 Å². The second kappa shape index (κ2) is 12.3. The van der Waals surface area contributed by atoms with Crippen LogP contribution in [0.4, 0.5) is 0 Å². The van der Waals surface area contributed by atoms with Gasteiger partial charge in [-0.3, -0.25) is 23.6 Å². The van der Waals surface area contributed by atoms with Gasteiger partial charge in [0, 0.05) is 38.3 Å². The van der Waals surface area contributed by atoms with Crippen molar-refractivity contribution in [1.82, 2.24) is 19.8 Å². The van der Waals surface area contributed by atoms with E-state index in [0.29, 0.717) is 12.6 Å². The zero-order valence-corrected chi connectivity index (χ0v) is 22.3. The van der Waals surface area contributed by atoms with Crippen LogP contribution < -0.4 is 10.0 Å². The molecule has 0 spiro atoms. The van der Waals surface area contributed by atoms with Crippen molar-refractivity contribution in [3.8, 4) is 0 Å². The summed E-state index contributed by atoms with van der Waals surface area (Å²) in [5.41, 5.74) is 2.29. The van der Waals surface area contributed by atoms with Crippen molar-refractivity contribution < 1.29 is 8.98 Å². The molecule has 0 radical (unpaired) electrons. The zero-order valence-electron chi connectivity index (χ0n) is 21.4. The molecule has 1 aromatic rings. The normalized spacial score (nSPS) is 26.4. The Bertz CT molecular complexity index is 906. The van der Waals surface area contributed by atoms with Crippen molar-refractivity contribution in [2.45, 2.75) is 71.1 Å². The SMILES string of the molecule is CC[C@H]1CN(C(=O)[C@H](CNC(C)C)c2ccc(C)cc2)CCN1C1N=CN=C2NSOCCCC21. The zero-order chi connectivity index (χ0) is 24.8. The molecule has 4 atom stereocenters. The Labute approximate surface area is 214 Å². The Morgan fingerprint density at radius 3 is 2.83 bits per heavy atom. The van der Waals surface area contributed by atoms with Crippen molar-refractivity contribution in [2.75, 3.05) is 32.8 Å². The Morgan fingerprint density at radius 1 is 1.29 bits per heavy atom. The molecule has 3 heterocycles. The van der Waals surface area contributed by atoms with Crippen molar-refractivity contribution in [3.05, 3.63) is 35.4 Å². The first-order valence-corrected chi connectivity index (χ1v) is 13.7. The molecule has 2 saturated heterocycles. The van der Waals surface area contributed by atoms with Gasteiger partial charge in [-0.1, -0.05) is 50.6 Å². The molecule has 35 heavy (non-hydrogen) atoms. The van der Waals surface area contributed by atoms with Crippen LogP contribution in [0.3, 0.4) is 0 Å². The average molecular weight is 501 g/mol. The summed E-state index contributed by atoms with van der Waals surface area (Å²) in [7, 11) is 0. The first kappa shape index (κ1) is 26.1. The van der Waals surface area contributed by atoms with Crippen LogP contribution in [0.15, 0.2) is 34.3 Å². The van der Waals surface area contributed by atoms with E-state index >= 15 is 0 Å². The summed E-state index contributed by atoms with van der Waals surface area (Å²) in [6.07, 6.45) is 4.67. The van der Waals surface area contributed by atoms with Crippen LogP contribution in [0.2, 0.25) is 0 Å². The maximum Gasteiger partial charge on any atom is 0.231 e. The summed E-state index contributed by atoms with van der Waals surface area (Å²) in [6, 6.07) is 9.01. The van der Waals surface area contributed by atoms with E-state index in [1.807, 2.05) is 0 Å². The van der Waals surface area contributed by atoms with E-state index in [1.54, 1.807) is 6.34 Å². The molecule has 0 saturated carbocycles. The van der Waals surface area contributed by atoms with Crippen LogP contribution in [-0.2, 0) is 8.98 Å². The van der Waals surface area contributed by atoms with Gasteiger partial charge in [-0.25, -0.2) is 4.99 Å². The second-order valence-corrected chi connectivity index (χ2v) is 10.7. The summed E-state index contributed by atoms with van der Waals surface area (Å²) in [5, 5.41) is 3.50. The lowest BCUT2D eigenvalue weighted by Crippen LogP contribution is -2.61. The number of nitrogens with zero attached hydrogens (tertiary/aromatic N) is 4. The third-order valence-corrected chi connectivity index (χ3v) is 7.81. The van der Waals surface area contributed by atoms with Crippen molar-refractivity contribution in [2.24, 2.45) is 15.9 Å². The highest BCUT2D eigenvalue weighted by Crippen LogP contribution is 2.30. The summed E-state index contributed by atoms with van der Waals surface area (Å²) in [4.78, 5) is 27.8. The number of amidine groups is 1. The van der Waals surface area contributed by atoms with Crippen molar-refractivity contribution >= 4 is 30.3 Å². The van der Waals surface area contributed by atoms with Crippen LogP contribution in [-0.4, -0.2) is 78.9 Å². The van der Waals surface area contributed by atoms with Gasteiger partial charge in [-0.2, -0.15) is 0 Å². The van der Waals surface area contributed by atoms with Gasteiger partial charge in [0.25, 0.3) is 0 Å². The van der Waals surface area contributed by atoms with E-state index in [4.69, 9.17) is 9.18 Å². The molecule has 2 fully saturated rings. The molecule has 2 N–H and O–H groups in total. The predicted octanol–water partition coefficient (Wildman–Crippen LogP) is 3.35. The van der Waals surface area contributed by atoms with Crippen LogP contribution in [0.1, 0.15) is 57.1 Å². The number of piperazine rings is 1. The van der Waals surface area contributed by atoms with Gasteiger partial charge in [0.05, 0.1) is 18.4 Å². The number of aryl methyl sites for hydroxylation is 1. The minimum Gasteiger partial charge on any atom is -0.339 e. The molecule has 192 valence electrons. The highest BCUT2D eigenvalue weighted by atomic mass is 32.2. The lowest BCUT2D eigenvalue weighted by molar-refractivity contribution is -0.136.